The van der Waals surface area contributed by atoms with Crippen LogP contribution < -0.4 is 10.5 Å². The van der Waals surface area contributed by atoms with Gasteiger partial charge in [-0.05, 0) is 19.1 Å². The summed E-state index contributed by atoms with van der Waals surface area (Å²) in [5, 5.41) is 24.3. The highest BCUT2D eigenvalue weighted by Crippen LogP contribution is 2.28. The number of rotatable bonds is 8. The molecule has 34 heavy (non-hydrogen) atoms. The van der Waals surface area contributed by atoms with Crippen LogP contribution in [0.2, 0.25) is 0 Å². The molecule has 0 fully saturated rings. The topological polar surface area (TPSA) is 112 Å². The van der Waals surface area contributed by atoms with Crippen LogP contribution >= 0.6 is 11.8 Å². The number of carboxylic acid groups (broad SMARTS) is 1. The zero-order valence-corrected chi connectivity index (χ0v) is 19.0. The molecule has 3 aromatic carbocycles. The van der Waals surface area contributed by atoms with Crippen molar-refractivity contribution in [1.29, 1.82) is 0 Å². The molecule has 0 saturated carbocycles. The number of hydrogen-bond acceptors (Lipinski definition) is 7. The molecule has 0 radical (unpaired) electrons. The second kappa shape index (κ2) is 10.6. The third-order valence-corrected chi connectivity index (χ3v) is 5.79. The Hall–Kier alpha value is -4.24. The van der Waals surface area contributed by atoms with E-state index in [0.29, 0.717) is 16.5 Å². The van der Waals surface area contributed by atoms with Gasteiger partial charge in [0, 0.05) is 22.4 Å². The van der Waals surface area contributed by atoms with Crippen molar-refractivity contribution in [1.82, 2.24) is 20.2 Å². The minimum absolute atomic E-state index is 0.00508. The summed E-state index contributed by atoms with van der Waals surface area (Å²) in [5.74, 6) is -0.970. The molecular weight excluding hydrogens is 450 g/mol. The van der Waals surface area contributed by atoms with E-state index < -0.39 is 5.97 Å². The SMILES string of the molecule is Cc1ccc(-n2c(SCC(=O)N/N=C\c3ccccc3C(=O)[O-])nnc2-c2ccccc2)cc1. The van der Waals surface area contributed by atoms with E-state index in [4.69, 9.17) is 0 Å². The van der Waals surface area contributed by atoms with Crippen molar-refractivity contribution < 1.29 is 14.7 Å². The molecule has 0 aliphatic heterocycles. The van der Waals surface area contributed by atoms with Crippen LogP contribution in [0.3, 0.4) is 0 Å². The van der Waals surface area contributed by atoms with Gasteiger partial charge in [0.2, 0.25) is 0 Å². The molecule has 4 rings (SSSR count). The highest BCUT2D eigenvalue weighted by atomic mass is 32.2. The summed E-state index contributed by atoms with van der Waals surface area (Å²) >= 11 is 1.22. The van der Waals surface area contributed by atoms with Crippen molar-refractivity contribution in [2.75, 3.05) is 5.75 Å². The quantitative estimate of drug-likeness (QED) is 0.241. The molecule has 1 N–H and O–H groups in total. The first-order valence-corrected chi connectivity index (χ1v) is 11.3. The molecule has 4 aromatic rings. The molecule has 0 atom stereocenters. The monoisotopic (exact) mass is 470 g/mol. The third kappa shape index (κ3) is 5.38. The number of carboxylic acids is 1. The summed E-state index contributed by atoms with van der Waals surface area (Å²) in [7, 11) is 0. The van der Waals surface area contributed by atoms with Gasteiger partial charge in [0.25, 0.3) is 5.91 Å². The van der Waals surface area contributed by atoms with Gasteiger partial charge < -0.3 is 9.90 Å². The van der Waals surface area contributed by atoms with E-state index in [-0.39, 0.29) is 17.2 Å². The number of thioether (sulfide) groups is 1. The highest BCUT2D eigenvalue weighted by Gasteiger charge is 2.17. The molecule has 1 aromatic heterocycles. The predicted molar refractivity (Wildman–Crippen MR) is 129 cm³/mol. The number of aryl methyl sites for hydroxylation is 1. The zero-order chi connectivity index (χ0) is 23.9. The molecule has 1 amide bonds. The van der Waals surface area contributed by atoms with Crippen molar-refractivity contribution in [3.05, 3.63) is 95.6 Å². The van der Waals surface area contributed by atoms with Crippen molar-refractivity contribution in [2.24, 2.45) is 5.10 Å². The highest BCUT2D eigenvalue weighted by molar-refractivity contribution is 7.99. The molecule has 0 aliphatic rings. The van der Waals surface area contributed by atoms with E-state index in [9.17, 15) is 14.7 Å². The van der Waals surface area contributed by atoms with Gasteiger partial charge in [-0.15, -0.1) is 10.2 Å². The Labute approximate surface area is 200 Å². The lowest BCUT2D eigenvalue weighted by Gasteiger charge is -2.10. The maximum Gasteiger partial charge on any atom is 0.250 e. The maximum atomic E-state index is 12.4. The second-order valence-corrected chi connectivity index (χ2v) is 8.24. The third-order valence-electron chi connectivity index (χ3n) is 4.86. The van der Waals surface area contributed by atoms with Crippen molar-refractivity contribution in [3.63, 3.8) is 0 Å². The smallest absolute Gasteiger partial charge is 0.250 e. The predicted octanol–water partition coefficient (Wildman–Crippen LogP) is 2.85. The lowest BCUT2D eigenvalue weighted by atomic mass is 10.1. The van der Waals surface area contributed by atoms with Gasteiger partial charge in [-0.1, -0.05) is 84.1 Å². The minimum Gasteiger partial charge on any atom is -0.545 e. The Morgan fingerprint density at radius 3 is 2.44 bits per heavy atom. The Morgan fingerprint density at radius 1 is 1.00 bits per heavy atom. The van der Waals surface area contributed by atoms with Gasteiger partial charge in [-0.2, -0.15) is 5.10 Å². The van der Waals surface area contributed by atoms with E-state index in [1.54, 1.807) is 18.2 Å². The van der Waals surface area contributed by atoms with Crippen molar-refractivity contribution in [2.45, 2.75) is 12.1 Å². The number of nitrogens with one attached hydrogen (secondary N) is 1. The van der Waals surface area contributed by atoms with E-state index >= 15 is 0 Å². The molecule has 0 spiro atoms. The largest absolute Gasteiger partial charge is 0.545 e. The van der Waals surface area contributed by atoms with Crippen LogP contribution in [-0.2, 0) is 4.79 Å². The number of aromatic carboxylic acids is 1. The van der Waals surface area contributed by atoms with Crippen LogP contribution in [0.5, 0.6) is 0 Å². The Bertz CT molecular complexity index is 1330. The van der Waals surface area contributed by atoms with Gasteiger partial charge in [0.05, 0.1) is 17.9 Å². The first-order valence-electron chi connectivity index (χ1n) is 10.4. The van der Waals surface area contributed by atoms with E-state index in [2.05, 4.69) is 20.7 Å². The van der Waals surface area contributed by atoms with E-state index in [0.717, 1.165) is 16.8 Å². The first kappa shape index (κ1) is 22.9. The maximum absolute atomic E-state index is 12.4. The Kier molecular flexibility index (Phi) is 7.14. The van der Waals surface area contributed by atoms with Crippen LogP contribution in [0, 0.1) is 6.92 Å². The molecule has 1 heterocycles. The number of hydrogen-bond donors (Lipinski definition) is 1. The van der Waals surface area contributed by atoms with Crippen LogP contribution in [0.15, 0.2) is 89.1 Å². The second-order valence-electron chi connectivity index (χ2n) is 7.30. The molecule has 0 unspecified atom stereocenters. The molecular formula is C25H20N5O3S-. The van der Waals surface area contributed by atoms with Gasteiger partial charge in [0.15, 0.2) is 11.0 Å². The van der Waals surface area contributed by atoms with E-state index in [1.807, 2.05) is 66.1 Å². The number of benzene rings is 3. The van der Waals surface area contributed by atoms with Gasteiger partial charge >= 0.3 is 0 Å². The lowest BCUT2D eigenvalue weighted by Crippen LogP contribution is -2.24. The van der Waals surface area contributed by atoms with Crippen LogP contribution in [0.1, 0.15) is 21.5 Å². The number of hydrazone groups is 1. The fourth-order valence-electron chi connectivity index (χ4n) is 3.20. The fraction of sp³-hybridized carbons (Fsp3) is 0.0800. The number of amides is 1. The summed E-state index contributed by atoms with van der Waals surface area (Å²) in [6, 6.07) is 23.9. The minimum atomic E-state index is -1.31. The lowest BCUT2D eigenvalue weighted by molar-refractivity contribution is -0.255. The average molecular weight is 471 g/mol. The number of carbonyl (C=O) groups excluding carboxylic acids is 2. The summed E-state index contributed by atoms with van der Waals surface area (Å²) in [4.78, 5) is 23.5. The zero-order valence-electron chi connectivity index (χ0n) is 18.2. The number of carbonyl (C=O) groups is 2. The van der Waals surface area contributed by atoms with Gasteiger partial charge in [-0.3, -0.25) is 9.36 Å². The molecule has 0 bridgehead atoms. The van der Waals surface area contributed by atoms with Gasteiger partial charge in [0.1, 0.15) is 0 Å². The van der Waals surface area contributed by atoms with Crippen LogP contribution in [0.4, 0.5) is 0 Å². The summed E-state index contributed by atoms with van der Waals surface area (Å²) in [6.45, 7) is 2.01. The van der Waals surface area contributed by atoms with Crippen LogP contribution in [-0.4, -0.2) is 38.6 Å². The molecule has 9 heteroatoms. The fourth-order valence-corrected chi connectivity index (χ4v) is 3.94. The molecule has 0 aliphatic carbocycles. The number of aromatic nitrogens is 3. The van der Waals surface area contributed by atoms with Crippen molar-refractivity contribution in [3.8, 4) is 17.1 Å². The van der Waals surface area contributed by atoms with Crippen molar-refractivity contribution >= 4 is 29.9 Å². The summed E-state index contributed by atoms with van der Waals surface area (Å²) in [6.07, 6.45) is 1.27. The average Bonchev–Trinajstić information content (AvgIpc) is 3.28. The Morgan fingerprint density at radius 2 is 1.71 bits per heavy atom. The molecule has 170 valence electrons. The summed E-state index contributed by atoms with van der Waals surface area (Å²) in [5.41, 5.74) is 5.66. The normalized spacial score (nSPS) is 11.0. The standard InChI is InChI=1S/C25H21N5O3S/c1-17-11-13-20(14-12-17)30-23(18-7-3-2-4-8-18)28-29-25(30)34-16-22(31)27-26-15-19-9-5-6-10-21(19)24(32)33/h2-15H,16H2,1H3,(H,27,31)(H,32,33)/p-1/b26-15-. The number of nitrogens with zero attached hydrogens (tertiary/aromatic N) is 4. The van der Waals surface area contributed by atoms with Crippen LogP contribution in [0.25, 0.3) is 17.1 Å². The first-order chi connectivity index (χ1) is 16.5. The molecule has 8 nitrogen and oxygen atoms in total. The Balaban J connectivity index is 1.50. The molecule has 0 saturated heterocycles. The van der Waals surface area contributed by atoms with Gasteiger partial charge in [-0.25, -0.2) is 5.43 Å². The summed E-state index contributed by atoms with van der Waals surface area (Å²) < 4.78 is 1.91. The van der Waals surface area contributed by atoms with E-state index in [1.165, 1.54) is 24.0 Å².